The molecule has 3 unspecified atom stereocenters. The molecule has 2 saturated heterocycles. The van der Waals surface area contributed by atoms with Crippen molar-refractivity contribution in [1.29, 1.82) is 0 Å². The van der Waals surface area contributed by atoms with Crippen LogP contribution in [0.15, 0.2) is 284 Å². The minimum absolute atomic E-state index is 0.0620. The fourth-order valence-corrected chi connectivity index (χ4v) is 15.5. The molecule has 0 spiro atoms. The predicted octanol–water partition coefficient (Wildman–Crippen LogP) is 19.6. The van der Waals surface area contributed by atoms with Gasteiger partial charge in [0, 0.05) is 83.7 Å². The second-order valence-electron chi connectivity index (χ2n) is 33.1. The molecule has 0 amide bonds. The Hall–Kier alpha value is -8.24. The molecule has 0 aliphatic carbocycles. The second kappa shape index (κ2) is 38.6. The Balaban J connectivity index is 0.000000173. The van der Waals surface area contributed by atoms with Crippen molar-refractivity contribution < 1.29 is 29.1 Å². The zero-order chi connectivity index (χ0) is 78.4. The molecule has 2 aliphatic rings. The summed E-state index contributed by atoms with van der Waals surface area (Å²) < 4.78 is 3.01. The molecular weight excluding hydrogens is 1430 g/mol. The summed E-state index contributed by atoms with van der Waals surface area (Å²) in [6.07, 6.45) is 13.1. The number of benzene rings is 8. The van der Waals surface area contributed by atoms with E-state index in [-0.39, 0.29) is 21.8 Å². The number of aromatic nitrogens is 2. The molecule has 12 rings (SSSR count). The summed E-state index contributed by atoms with van der Waals surface area (Å²) in [6.45, 7) is 22.7. The van der Waals surface area contributed by atoms with Crippen LogP contribution in [0, 0.1) is 5.41 Å². The highest BCUT2D eigenvalue weighted by atomic mass is 79.9. The molecule has 3 atom stereocenters. The highest BCUT2D eigenvalue weighted by Crippen LogP contribution is 2.51. The van der Waals surface area contributed by atoms with E-state index in [9.17, 15) is 20.1 Å². The number of likely N-dealkylation sites (tertiary alicyclic amines) is 1. The van der Waals surface area contributed by atoms with E-state index in [4.69, 9.17) is 11.6 Å². The summed E-state index contributed by atoms with van der Waals surface area (Å²) in [7, 11) is 13.4. The van der Waals surface area contributed by atoms with Gasteiger partial charge in [0.1, 0.15) is 5.60 Å². The number of aliphatic hydroxyl groups excluding tert-OH is 1. The summed E-state index contributed by atoms with van der Waals surface area (Å²) in [6, 6.07) is 88.9. The smallest absolute Gasteiger partial charge is 0.313 e. The van der Waals surface area contributed by atoms with Gasteiger partial charge in [0.05, 0.1) is 83.8 Å². The summed E-state index contributed by atoms with van der Waals surface area (Å²) >= 11 is 9.56. The predicted molar refractivity (Wildman–Crippen MR) is 456 cm³/mol. The molecule has 8 aromatic carbocycles. The average Bonchev–Trinajstić information content (AvgIpc) is 0.741. The molecule has 11 nitrogen and oxygen atoms in total. The molecule has 0 radical (unpaired) electrons. The number of pyridine rings is 2. The minimum atomic E-state index is -1.07. The largest absolute Gasteiger partial charge is 0.481 e. The van der Waals surface area contributed by atoms with Gasteiger partial charge in [-0.2, -0.15) is 0 Å². The van der Waals surface area contributed by atoms with Crippen molar-refractivity contribution in [3.05, 3.63) is 350 Å². The highest BCUT2D eigenvalue weighted by molar-refractivity contribution is 9.10. The van der Waals surface area contributed by atoms with Crippen molar-refractivity contribution in [3.8, 4) is 0 Å². The van der Waals surface area contributed by atoms with E-state index in [1.807, 2.05) is 109 Å². The van der Waals surface area contributed by atoms with E-state index in [0.29, 0.717) is 6.42 Å². The monoisotopic (exact) mass is 1550 g/mol. The van der Waals surface area contributed by atoms with Gasteiger partial charge in [0.15, 0.2) is 0 Å². The third kappa shape index (κ3) is 22.7. The standard InChI is InChI=1S/C33H41NO4.C27H30N2.C18H24BrN2.C18H24ClN2/c1-31(2,30(36)37)26-18-16-25(17-19-26)29(35)15-10-22-34-23-20-32(3,21-24-34)33(38,27-11-6-4-7-12-27)28-13-8-5-9-14-28;1-27(25-15-7-3-8-16-25,26-17-9-4-10-18-26)29-22-20-28(21-23-29)19-11-14-24-12-5-2-6-13-24;2*1-18(12-14-21(2,3)4,17-7-5-6-13-20-17)15-8-10-16(19)11-9-15/h4-9,11-14,16-19,29,35,38H,10,15,20-24H2,1-3H3,(H,36,37);2-18H,19-23H2,1H3;2*5-11,13H,12,14H2,1-4H3/q;;2*+1/b;14-11+;;. The lowest BCUT2D eigenvalue weighted by Crippen LogP contribution is -2.54. The third-order valence-electron chi connectivity index (χ3n) is 22.9. The summed E-state index contributed by atoms with van der Waals surface area (Å²) in [5, 5.41) is 33.3. The number of carboxylic acid groups (broad SMARTS) is 1. The number of aliphatic carboxylic acids is 1. The zero-order valence-electron chi connectivity index (χ0n) is 66.7. The Labute approximate surface area is 666 Å². The van der Waals surface area contributed by atoms with Crippen LogP contribution >= 0.6 is 27.5 Å². The molecule has 2 fully saturated rings. The number of piperidine rings is 1. The Bertz CT molecular complexity index is 4160. The topological polar surface area (TPSA) is 113 Å². The van der Waals surface area contributed by atoms with E-state index in [0.717, 1.165) is 150 Å². The van der Waals surface area contributed by atoms with Crippen LogP contribution in [0.5, 0.6) is 0 Å². The van der Waals surface area contributed by atoms with Crippen LogP contribution in [-0.2, 0) is 32.2 Å². The first-order valence-corrected chi connectivity index (χ1v) is 40.0. The number of halogens is 2. The van der Waals surface area contributed by atoms with Gasteiger partial charge in [0.25, 0.3) is 0 Å². The molecule has 109 heavy (non-hydrogen) atoms. The molecule has 0 bridgehead atoms. The van der Waals surface area contributed by atoms with E-state index in [1.165, 1.54) is 27.8 Å². The molecule has 2 aromatic heterocycles. The van der Waals surface area contributed by atoms with E-state index in [1.54, 1.807) is 26.0 Å². The SMILES string of the molecule is CC(C)(C(=O)O)c1ccc(C(O)CCCN2CCC(C)(C(O)(c3ccccc3)c3ccccc3)CC2)cc1.CC(CC[N+](C)(C)C)(c1ccc(Br)cc1)c1ccccn1.CC(CC[N+](C)(C)C)(c1ccc(Cl)cc1)c1ccccn1.CC(c1ccccc1)(c1ccccc1)N1CCN(C/C=C/c2ccccc2)CC1. The number of nitrogens with zero attached hydrogens (tertiary/aromatic N) is 7. The number of carbonyl (C=O) groups is 1. The molecule has 574 valence electrons. The van der Waals surface area contributed by atoms with Gasteiger partial charge in [-0.15, -0.1) is 0 Å². The van der Waals surface area contributed by atoms with Crippen LogP contribution in [0.3, 0.4) is 0 Å². The maximum Gasteiger partial charge on any atom is 0.313 e. The Morgan fingerprint density at radius 3 is 1.33 bits per heavy atom. The van der Waals surface area contributed by atoms with E-state index >= 15 is 0 Å². The second-order valence-corrected chi connectivity index (χ2v) is 34.4. The van der Waals surface area contributed by atoms with E-state index in [2.05, 4.69) is 274 Å². The Morgan fingerprint density at radius 2 is 0.917 bits per heavy atom. The van der Waals surface area contributed by atoms with Crippen molar-refractivity contribution in [1.82, 2.24) is 24.7 Å². The van der Waals surface area contributed by atoms with Crippen LogP contribution < -0.4 is 0 Å². The first-order valence-electron chi connectivity index (χ1n) is 38.8. The van der Waals surface area contributed by atoms with Gasteiger partial charge in [-0.25, -0.2) is 0 Å². The highest BCUT2D eigenvalue weighted by Gasteiger charge is 2.50. The van der Waals surface area contributed by atoms with Crippen LogP contribution in [-0.4, -0.2) is 163 Å². The Kier molecular flexibility index (Phi) is 30.0. The van der Waals surface area contributed by atoms with Crippen molar-refractivity contribution in [3.63, 3.8) is 0 Å². The molecular formula is C96H119BrClN7O4+2. The lowest BCUT2D eigenvalue weighted by Gasteiger charge is -2.50. The van der Waals surface area contributed by atoms with Gasteiger partial charge in [-0.3, -0.25) is 24.6 Å². The number of rotatable bonds is 26. The van der Waals surface area contributed by atoms with Crippen LogP contribution in [0.2, 0.25) is 5.02 Å². The van der Waals surface area contributed by atoms with Crippen LogP contribution in [0.1, 0.15) is 148 Å². The first kappa shape index (κ1) is 84.8. The fourth-order valence-electron chi connectivity index (χ4n) is 15.1. The maximum atomic E-state index is 12.3. The lowest BCUT2D eigenvalue weighted by molar-refractivity contribution is -0.870. The van der Waals surface area contributed by atoms with Gasteiger partial charge < -0.3 is 29.2 Å². The van der Waals surface area contributed by atoms with Gasteiger partial charge in [-0.1, -0.05) is 259 Å². The number of hydrogen-bond donors (Lipinski definition) is 3. The van der Waals surface area contributed by atoms with Crippen molar-refractivity contribution >= 4 is 39.6 Å². The lowest BCUT2D eigenvalue weighted by atomic mass is 9.61. The number of quaternary nitrogens is 2. The average molecular weight is 1550 g/mol. The van der Waals surface area contributed by atoms with Crippen LogP contribution in [0.25, 0.3) is 6.08 Å². The van der Waals surface area contributed by atoms with Crippen LogP contribution in [0.4, 0.5) is 0 Å². The number of hydrogen-bond acceptors (Lipinski definition) is 8. The molecule has 13 heteroatoms. The summed E-state index contributed by atoms with van der Waals surface area (Å²) in [5.41, 5.74) is 9.64. The molecule has 10 aromatic rings. The van der Waals surface area contributed by atoms with E-state index < -0.39 is 23.1 Å². The summed E-state index contributed by atoms with van der Waals surface area (Å²) in [5.74, 6) is -0.866. The maximum absolute atomic E-state index is 12.3. The number of carboxylic acids is 1. The van der Waals surface area contributed by atoms with Gasteiger partial charge in [-0.05, 0) is 179 Å². The zero-order valence-corrected chi connectivity index (χ0v) is 69.0. The van der Waals surface area contributed by atoms with Crippen molar-refractivity contribution in [2.24, 2.45) is 5.41 Å². The third-order valence-corrected chi connectivity index (χ3v) is 23.6. The minimum Gasteiger partial charge on any atom is -0.481 e. The molecule has 4 heterocycles. The van der Waals surface area contributed by atoms with Gasteiger partial charge >= 0.3 is 5.97 Å². The molecule has 2 aliphatic heterocycles. The normalized spacial score (nSPS) is 16.0. The number of piperazine rings is 1. The van der Waals surface area contributed by atoms with Crippen molar-refractivity contribution in [2.45, 2.75) is 114 Å². The Morgan fingerprint density at radius 1 is 0.514 bits per heavy atom. The quantitative estimate of drug-likeness (QED) is 0.0456. The van der Waals surface area contributed by atoms with Gasteiger partial charge in [0.2, 0.25) is 0 Å². The molecule has 3 N–H and O–H groups in total. The number of aliphatic hydroxyl groups is 2. The summed E-state index contributed by atoms with van der Waals surface area (Å²) in [4.78, 5) is 28.4. The fraction of sp³-hybridized carbons (Fsp3) is 0.365. The molecule has 0 saturated carbocycles. The first-order chi connectivity index (χ1) is 52.0. The van der Waals surface area contributed by atoms with Crippen molar-refractivity contribution in [2.75, 3.05) is 108 Å².